The molecule has 5 nitrogen and oxygen atoms in total. The fourth-order valence-electron chi connectivity index (χ4n) is 5.09. The van der Waals surface area contributed by atoms with Crippen LogP contribution in [0.4, 0.5) is 5.82 Å². The summed E-state index contributed by atoms with van der Waals surface area (Å²) in [5, 5.41) is 2.12. The standard InChI is InChI=1S/C29H20BN3O2/c1-3-4-16-24-18(2)27-20-12-6-8-14-22(20)29-32-28-21-13-7-5-11-19(21)26(31-28)23-15-9-10-17-25(23)35-30(34-24)33(27)29/h3-17H,1H2,2H3/b16-4-,32-28?. The first-order chi connectivity index (χ1) is 17.2. The maximum absolute atomic E-state index is 6.63. The van der Waals surface area contributed by atoms with Crippen molar-refractivity contribution in [2.75, 3.05) is 0 Å². The van der Waals surface area contributed by atoms with E-state index in [9.17, 15) is 0 Å². The smallest absolute Gasteiger partial charge is 0.506 e. The molecule has 1 aromatic heterocycles. The second-order valence-electron chi connectivity index (χ2n) is 8.65. The third-order valence-electron chi connectivity index (χ3n) is 6.66. The van der Waals surface area contributed by atoms with Gasteiger partial charge in [0.2, 0.25) is 0 Å². The fourth-order valence-corrected chi connectivity index (χ4v) is 5.09. The third-order valence-corrected chi connectivity index (χ3v) is 6.66. The van der Waals surface area contributed by atoms with Gasteiger partial charge in [0.05, 0.1) is 11.4 Å². The summed E-state index contributed by atoms with van der Waals surface area (Å²) >= 11 is 0. The molecule has 0 fully saturated rings. The Morgan fingerprint density at radius 1 is 0.829 bits per heavy atom. The van der Waals surface area contributed by atoms with Crippen LogP contribution in [-0.2, 0) is 4.65 Å². The SMILES string of the molecule is C=C/C=C\C1=C(C)c2c3ccccc3c3n2B(O1)Oc1ccccc1C1=NC(=N3)c2ccccc21. The molecule has 6 heteroatoms. The summed E-state index contributed by atoms with van der Waals surface area (Å²) in [5.74, 6) is 2.90. The third kappa shape index (κ3) is 2.83. The fraction of sp³-hybridized carbons (Fsp3) is 0.0345. The highest BCUT2D eigenvalue weighted by atomic mass is 16.6. The van der Waals surface area contributed by atoms with E-state index in [1.807, 2.05) is 60.7 Å². The lowest BCUT2D eigenvalue weighted by Gasteiger charge is -2.27. The number of amidine groups is 1. The average molecular weight is 453 g/mol. The number of hydrogen-bond acceptors (Lipinski definition) is 4. The molecule has 0 saturated carbocycles. The Balaban J connectivity index is 1.61. The van der Waals surface area contributed by atoms with Crippen molar-refractivity contribution in [2.45, 2.75) is 6.92 Å². The van der Waals surface area contributed by atoms with Crippen LogP contribution in [0.5, 0.6) is 5.75 Å². The van der Waals surface area contributed by atoms with E-state index in [1.165, 1.54) is 0 Å². The van der Waals surface area contributed by atoms with Crippen LogP contribution in [-0.4, -0.2) is 23.3 Å². The summed E-state index contributed by atoms with van der Waals surface area (Å²) < 4.78 is 15.2. The summed E-state index contributed by atoms with van der Waals surface area (Å²) in [7, 11) is -0.743. The highest BCUT2D eigenvalue weighted by molar-refractivity contribution is 6.47. The van der Waals surface area contributed by atoms with Gasteiger partial charge in [0.1, 0.15) is 17.3 Å². The lowest BCUT2D eigenvalue weighted by Crippen LogP contribution is -2.39. The zero-order chi connectivity index (χ0) is 23.5. The topological polar surface area (TPSA) is 48.1 Å². The molecule has 35 heavy (non-hydrogen) atoms. The lowest BCUT2D eigenvalue weighted by atomic mass is 9.96. The number of fused-ring (bicyclic) bond motifs is 9. The van der Waals surface area contributed by atoms with Crippen molar-refractivity contribution in [3.63, 3.8) is 0 Å². The van der Waals surface area contributed by atoms with Gasteiger partial charge in [-0.15, -0.1) is 0 Å². The van der Waals surface area contributed by atoms with E-state index in [1.54, 1.807) is 6.08 Å². The number of aliphatic imine (C=N–C) groups is 2. The summed E-state index contributed by atoms with van der Waals surface area (Å²) in [4.78, 5) is 10.2. The Hall–Kier alpha value is -4.58. The first-order valence-corrected chi connectivity index (χ1v) is 11.6. The van der Waals surface area contributed by atoms with E-state index in [4.69, 9.17) is 19.3 Å². The number of hydrogen-bond donors (Lipinski definition) is 0. The van der Waals surface area contributed by atoms with Gasteiger partial charge in [-0.05, 0) is 25.1 Å². The highest BCUT2D eigenvalue weighted by Crippen LogP contribution is 2.43. The number of benzene rings is 3. The van der Waals surface area contributed by atoms with Gasteiger partial charge in [-0.1, -0.05) is 79.4 Å². The number of nitrogens with zero attached hydrogens (tertiary/aromatic N) is 3. The van der Waals surface area contributed by atoms with Gasteiger partial charge in [-0.25, -0.2) is 9.98 Å². The summed E-state index contributed by atoms with van der Waals surface area (Å²) in [6.07, 6.45) is 5.54. The van der Waals surface area contributed by atoms with Crippen LogP contribution >= 0.6 is 0 Å². The Morgan fingerprint density at radius 2 is 1.54 bits per heavy atom. The van der Waals surface area contributed by atoms with Gasteiger partial charge in [-0.3, -0.25) is 4.48 Å². The van der Waals surface area contributed by atoms with Crippen LogP contribution in [0.15, 0.2) is 113 Å². The molecule has 3 aliphatic heterocycles. The van der Waals surface area contributed by atoms with Crippen molar-refractivity contribution in [2.24, 2.45) is 9.98 Å². The van der Waals surface area contributed by atoms with Crippen molar-refractivity contribution in [3.05, 3.63) is 126 Å². The molecular weight excluding hydrogens is 433 g/mol. The van der Waals surface area contributed by atoms with Crippen LogP contribution in [0.2, 0.25) is 0 Å². The molecule has 0 aliphatic carbocycles. The molecule has 0 atom stereocenters. The van der Waals surface area contributed by atoms with Gasteiger partial charge < -0.3 is 9.31 Å². The Labute approximate surface area is 203 Å². The van der Waals surface area contributed by atoms with Gasteiger partial charge in [0.25, 0.3) is 0 Å². The Morgan fingerprint density at radius 3 is 2.37 bits per heavy atom. The lowest BCUT2D eigenvalue weighted by molar-refractivity contribution is 0.339. The normalized spacial score (nSPS) is 15.6. The van der Waals surface area contributed by atoms with Crippen molar-refractivity contribution in [1.82, 2.24) is 4.48 Å². The summed E-state index contributed by atoms with van der Waals surface area (Å²) in [6.45, 7) is 5.87. The van der Waals surface area contributed by atoms with E-state index < -0.39 is 7.25 Å². The van der Waals surface area contributed by atoms with Gasteiger partial charge in [0.15, 0.2) is 5.84 Å². The van der Waals surface area contributed by atoms with Crippen molar-refractivity contribution < 1.29 is 9.31 Å². The van der Waals surface area contributed by atoms with Crippen molar-refractivity contribution in [1.29, 1.82) is 0 Å². The molecule has 0 unspecified atom stereocenters. The van der Waals surface area contributed by atoms with Gasteiger partial charge in [-0.2, -0.15) is 0 Å². The molecule has 0 N–H and O–H groups in total. The number of para-hydroxylation sites is 1. The minimum Gasteiger partial charge on any atom is -0.506 e. The van der Waals surface area contributed by atoms with Crippen LogP contribution < -0.4 is 4.65 Å². The molecule has 2 bridgehead atoms. The van der Waals surface area contributed by atoms with E-state index in [0.717, 1.165) is 56.0 Å². The average Bonchev–Trinajstić information content (AvgIpc) is 3.42. The molecule has 0 saturated heterocycles. The molecule has 4 heterocycles. The second-order valence-corrected chi connectivity index (χ2v) is 8.65. The molecule has 3 aromatic carbocycles. The molecule has 3 aliphatic rings. The van der Waals surface area contributed by atoms with Gasteiger partial charge >= 0.3 is 7.25 Å². The zero-order valence-corrected chi connectivity index (χ0v) is 19.1. The number of rotatable bonds is 2. The quantitative estimate of drug-likeness (QED) is 0.264. The maximum atomic E-state index is 6.63. The predicted octanol–water partition coefficient (Wildman–Crippen LogP) is 6.30. The largest absolute Gasteiger partial charge is 0.744 e. The highest BCUT2D eigenvalue weighted by Gasteiger charge is 2.41. The van der Waals surface area contributed by atoms with E-state index in [0.29, 0.717) is 11.6 Å². The summed E-state index contributed by atoms with van der Waals surface area (Å²) in [5.41, 5.74) is 5.84. The zero-order valence-electron chi connectivity index (χ0n) is 19.1. The van der Waals surface area contributed by atoms with E-state index >= 15 is 0 Å². The first-order valence-electron chi connectivity index (χ1n) is 11.6. The maximum Gasteiger partial charge on any atom is 0.744 e. The molecule has 7 rings (SSSR count). The molecular formula is C29H20BN3O2. The number of allylic oxidation sites excluding steroid dienone is 4. The van der Waals surface area contributed by atoms with Crippen LogP contribution in [0.25, 0.3) is 16.3 Å². The van der Waals surface area contributed by atoms with Crippen LogP contribution in [0.1, 0.15) is 29.3 Å². The van der Waals surface area contributed by atoms with Crippen LogP contribution in [0, 0.1) is 0 Å². The number of aromatic nitrogens is 1. The van der Waals surface area contributed by atoms with Crippen molar-refractivity contribution >= 4 is 41.0 Å². The second kappa shape index (κ2) is 7.47. The molecule has 0 spiro atoms. The van der Waals surface area contributed by atoms with E-state index in [-0.39, 0.29) is 0 Å². The minimum atomic E-state index is -0.743. The minimum absolute atomic E-state index is 0.691. The molecule has 0 amide bonds. The van der Waals surface area contributed by atoms with Crippen molar-refractivity contribution in [3.8, 4) is 5.75 Å². The molecule has 0 radical (unpaired) electrons. The predicted molar refractivity (Wildman–Crippen MR) is 141 cm³/mol. The van der Waals surface area contributed by atoms with Crippen LogP contribution in [0.3, 0.4) is 0 Å². The first kappa shape index (κ1) is 19.9. The Bertz CT molecular complexity index is 1690. The van der Waals surface area contributed by atoms with E-state index in [2.05, 4.69) is 42.2 Å². The monoisotopic (exact) mass is 453 g/mol. The Kier molecular flexibility index (Phi) is 4.24. The molecule has 4 aromatic rings. The summed E-state index contributed by atoms with van der Waals surface area (Å²) in [6, 6.07) is 24.5. The molecule has 166 valence electrons. The van der Waals surface area contributed by atoms with Gasteiger partial charge in [0, 0.05) is 33.0 Å².